The molecule has 0 radical (unpaired) electrons. The Balaban J connectivity index is 2.05. The van der Waals surface area contributed by atoms with Crippen molar-refractivity contribution in [1.82, 2.24) is 5.06 Å². The van der Waals surface area contributed by atoms with Crippen LogP contribution in [0.25, 0.3) is 0 Å². The first kappa shape index (κ1) is 11.1. The van der Waals surface area contributed by atoms with Gasteiger partial charge in [-0.15, -0.1) is 0 Å². The standard InChI is InChI=1S/C12H16N2O2/c13-7-6-10-2-4-11(5-3-10)12(15)14-8-1-9-16-14/h2-5H,1,6-9,13H2. The van der Waals surface area contributed by atoms with Crippen molar-refractivity contribution in [3.05, 3.63) is 35.4 Å². The fourth-order valence-corrected chi connectivity index (χ4v) is 1.73. The Labute approximate surface area is 94.9 Å². The molecule has 1 aromatic carbocycles. The van der Waals surface area contributed by atoms with Crippen LogP contribution in [0.3, 0.4) is 0 Å². The molecule has 4 nitrogen and oxygen atoms in total. The second kappa shape index (κ2) is 5.09. The summed E-state index contributed by atoms with van der Waals surface area (Å²) in [5.74, 6) is -0.0585. The Morgan fingerprint density at radius 3 is 2.69 bits per heavy atom. The molecule has 1 fully saturated rings. The van der Waals surface area contributed by atoms with Gasteiger partial charge >= 0.3 is 0 Å². The zero-order chi connectivity index (χ0) is 11.4. The summed E-state index contributed by atoms with van der Waals surface area (Å²) in [5, 5.41) is 1.43. The molecular formula is C12H16N2O2. The zero-order valence-electron chi connectivity index (χ0n) is 9.19. The van der Waals surface area contributed by atoms with Crippen LogP contribution < -0.4 is 5.73 Å². The van der Waals surface area contributed by atoms with Crippen molar-refractivity contribution in [2.75, 3.05) is 19.7 Å². The minimum Gasteiger partial charge on any atom is -0.330 e. The van der Waals surface area contributed by atoms with E-state index < -0.39 is 0 Å². The van der Waals surface area contributed by atoms with Crippen LogP contribution in [0.1, 0.15) is 22.3 Å². The van der Waals surface area contributed by atoms with Crippen molar-refractivity contribution in [1.29, 1.82) is 0 Å². The number of benzene rings is 1. The van der Waals surface area contributed by atoms with Gasteiger partial charge in [0.1, 0.15) is 0 Å². The summed E-state index contributed by atoms with van der Waals surface area (Å²) < 4.78 is 0. The summed E-state index contributed by atoms with van der Waals surface area (Å²) in [5.41, 5.74) is 7.29. The topological polar surface area (TPSA) is 55.6 Å². The van der Waals surface area contributed by atoms with Gasteiger partial charge in [0.05, 0.1) is 13.2 Å². The molecule has 0 saturated carbocycles. The van der Waals surface area contributed by atoms with Crippen LogP contribution >= 0.6 is 0 Å². The third kappa shape index (κ3) is 2.40. The predicted molar refractivity (Wildman–Crippen MR) is 60.8 cm³/mol. The Morgan fingerprint density at radius 1 is 1.38 bits per heavy atom. The van der Waals surface area contributed by atoms with Crippen LogP contribution in [-0.4, -0.2) is 30.7 Å². The molecule has 86 valence electrons. The summed E-state index contributed by atoms with van der Waals surface area (Å²) in [6.07, 6.45) is 1.76. The molecule has 2 N–H and O–H groups in total. The predicted octanol–water partition coefficient (Wildman–Crippen LogP) is 0.965. The lowest BCUT2D eigenvalue weighted by molar-refractivity contribution is -0.0768. The summed E-state index contributed by atoms with van der Waals surface area (Å²) >= 11 is 0. The molecule has 0 aliphatic carbocycles. The van der Waals surface area contributed by atoms with Crippen LogP contribution in [0.4, 0.5) is 0 Å². The largest absolute Gasteiger partial charge is 0.330 e. The quantitative estimate of drug-likeness (QED) is 0.825. The van der Waals surface area contributed by atoms with Crippen molar-refractivity contribution in [2.24, 2.45) is 5.73 Å². The molecule has 0 atom stereocenters. The molecule has 1 aliphatic rings. The molecule has 1 heterocycles. The maximum Gasteiger partial charge on any atom is 0.277 e. The van der Waals surface area contributed by atoms with Crippen molar-refractivity contribution < 1.29 is 9.63 Å². The van der Waals surface area contributed by atoms with Gasteiger partial charge in [-0.25, -0.2) is 5.06 Å². The second-order valence-corrected chi connectivity index (χ2v) is 3.83. The Hall–Kier alpha value is -1.39. The molecule has 1 aliphatic heterocycles. The normalized spacial score (nSPS) is 15.4. The maximum atomic E-state index is 11.9. The number of nitrogens with zero attached hydrogens (tertiary/aromatic N) is 1. The fraction of sp³-hybridized carbons (Fsp3) is 0.417. The Bertz CT molecular complexity index is 356. The highest BCUT2D eigenvalue weighted by Gasteiger charge is 2.20. The van der Waals surface area contributed by atoms with Gasteiger partial charge in [0.25, 0.3) is 5.91 Å². The lowest BCUT2D eigenvalue weighted by Crippen LogP contribution is -2.26. The number of hydrogen-bond donors (Lipinski definition) is 1. The first-order chi connectivity index (χ1) is 7.81. The molecule has 2 rings (SSSR count). The van der Waals surface area contributed by atoms with Gasteiger partial charge in [0.2, 0.25) is 0 Å². The Morgan fingerprint density at radius 2 is 2.12 bits per heavy atom. The van der Waals surface area contributed by atoms with Crippen LogP contribution in [-0.2, 0) is 11.3 Å². The number of rotatable bonds is 3. The minimum atomic E-state index is -0.0585. The third-order valence-electron chi connectivity index (χ3n) is 2.61. The summed E-state index contributed by atoms with van der Waals surface area (Å²) in [6, 6.07) is 7.54. The van der Waals surface area contributed by atoms with E-state index in [0.717, 1.165) is 18.4 Å². The van der Waals surface area contributed by atoms with Gasteiger partial charge in [0, 0.05) is 5.56 Å². The maximum absolute atomic E-state index is 11.9. The number of carbonyl (C=O) groups is 1. The summed E-state index contributed by atoms with van der Waals surface area (Å²) in [7, 11) is 0. The molecule has 0 spiro atoms. The zero-order valence-corrected chi connectivity index (χ0v) is 9.19. The molecule has 4 heteroatoms. The first-order valence-corrected chi connectivity index (χ1v) is 5.55. The van der Waals surface area contributed by atoms with Crippen LogP contribution in [0, 0.1) is 0 Å². The molecule has 0 unspecified atom stereocenters. The number of carbonyl (C=O) groups excluding carboxylic acids is 1. The van der Waals surface area contributed by atoms with Gasteiger partial charge in [-0.3, -0.25) is 9.63 Å². The van der Waals surface area contributed by atoms with Crippen molar-refractivity contribution in [2.45, 2.75) is 12.8 Å². The average Bonchev–Trinajstić information content (AvgIpc) is 2.83. The van der Waals surface area contributed by atoms with Gasteiger partial charge in [0.15, 0.2) is 0 Å². The monoisotopic (exact) mass is 220 g/mol. The second-order valence-electron chi connectivity index (χ2n) is 3.83. The van der Waals surface area contributed by atoms with Gasteiger partial charge in [-0.2, -0.15) is 0 Å². The van der Waals surface area contributed by atoms with Crippen molar-refractivity contribution in [3.8, 4) is 0 Å². The summed E-state index contributed by atoms with van der Waals surface area (Å²) in [4.78, 5) is 17.1. The number of amides is 1. The van der Waals surface area contributed by atoms with Crippen LogP contribution in [0.2, 0.25) is 0 Å². The highest BCUT2D eigenvalue weighted by molar-refractivity contribution is 5.93. The number of nitrogens with two attached hydrogens (primary N) is 1. The molecular weight excluding hydrogens is 204 g/mol. The van der Waals surface area contributed by atoms with E-state index in [4.69, 9.17) is 10.6 Å². The molecule has 1 saturated heterocycles. The first-order valence-electron chi connectivity index (χ1n) is 5.55. The van der Waals surface area contributed by atoms with Crippen molar-refractivity contribution in [3.63, 3.8) is 0 Å². The minimum absolute atomic E-state index is 0.0585. The summed E-state index contributed by atoms with van der Waals surface area (Å²) in [6.45, 7) is 1.95. The van der Waals surface area contributed by atoms with E-state index in [9.17, 15) is 4.79 Å². The van der Waals surface area contributed by atoms with Crippen LogP contribution in [0.15, 0.2) is 24.3 Å². The highest BCUT2D eigenvalue weighted by atomic mass is 16.7. The molecule has 0 bridgehead atoms. The smallest absolute Gasteiger partial charge is 0.277 e. The van der Waals surface area contributed by atoms with Gasteiger partial charge < -0.3 is 5.73 Å². The average molecular weight is 220 g/mol. The number of hydrogen-bond acceptors (Lipinski definition) is 3. The van der Waals surface area contributed by atoms with E-state index in [1.807, 2.05) is 24.3 Å². The van der Waals surface area contributed by atoms with E-state index in [1.165, 1.54) is 5.06 Å². The van der Waals surface area contributed by atoms with E-state index in [1.54, 1.807) is 0 Å². The number of hydroxylamine groups is 2. The molecule has 1 aromatic rings. The molecule has 0 aromatic heterocycles. The fourth-order valence-electron chi connectivity index (χ4n) is 1.73. The van der Waals surface area contributed by atoms with Crippen LogP contribution in [0.5, 0.6) is 0 Å². The lowest BCUT2D eigenvalue weighted by Gasteiger charge is -2.13. The molecule has 1 amide bonds. The van der Waals surface area contributed by atoms with Gasteiger partial charge in [-0.05, 0) is 37.1 Å². The van der Waals surface area contributed by atoms with E-state index in [-0.39, 0.29) is 5.91 Å². The molecule has 16 heavy (non-hydrogen) atoms. The van der Waals surface area contributed by atoms with E-state index in [2.05, 4.69) is 0 Å². The van der Waals surface area contributed by atoms with E-state index in [0.29, 0.717) is 25.3 Å². The lowest BCUT2D eigenvalue weighted by atomic mass is 10.1. The highest BCUT2D eigenvalue weighted by Crippen LogP contribution is 2.12. The Kier molecular flexibility index (Phi) is 3.54. The van der Waals surface area contributed by atoms with Crippen molar-refractivity contribution >= 4 is 5.91 Å². The third-order valence-corrected chi connectivity index (χ3v) is 2.61. The van der Waals surface area contributed by atoms with Gasteiger partial charge in [-0.1, -0.05) is 12.1 Å². The van der Waals surface area contributed by atoms with E-state index >= 15 is 0 Å². The SMILES string of the molecule is NCCc1ccc(C(=O)N2CCCO2)cc1.